The van der Waals surface area contributed by atoms with Gasteiger partial charge in [0.05, 0.1) is 5.69 Å². The van der Waals surface area contributed by atoms with E-state index in [2.05, 4.69) is 33.5 Å². The first kappa shape index (κ1) is 14.8. The Morgan fingerprint density at radius 1 is 1.10 bits per heavy atom. The minimum atomic E-state index is -0.843. The third kappa shape index (κ3) is 3.10. The summed E-state index contributed by atoms with van der Waals surface area (Å²) in [4.78, 5) is -0.0997. The molecule has 7 heteroatoms. The van der Waals surface area contributed by atoms with Crippen LogP contribution in [0.3, 0.4) is 0 Å². The quantitative estimate of drug-likeness (QED) is 0.803. The Morgan fingerprint density at radius 2 is 1.70 bits per heavy atom. The van der Waals surface area contributed by atoms with Crippen LogP contribution in [0.4, 0.5) is 24.5 Å². The highest BCUT2D eigenvalue weighted by atomic mass is 79.9. The number of hydrogen-bond donors (Lipinski definition) is 2. The van der Waals surface area contributed by atoms with Crippen molar-refractivity contribution in [3.05, 3.63) is 57.8 Å². The summed E-state index contributed by atoms with van der Waals surface area (Å²) < 4.78 is 41.0. The van der Waals surface area contributed by atoms with Crippen molar-refractivity contribution >= 4 is 44.5 Å². The summed E-state index contributed by atoms with van der Waals surface area (Å²) in [6, 6.07) is 5.78. The highest BCUT2D eigenvalue weighted by Crippen LogP contribution is 2.30. The molecule has 0 spiro atoms. The van der Waals surface area contributed by atoms with Gasteiger partial charge in [-0.25, -0.2) is 13.2 Å². The van der Waals surface area contributed by atoms with Crippen LogP contribution in [-0.2, 0) is 0 Å². The average Bonchev–Trinajstić information content (AvgIpc) is 2.35. The molecule has 0 fully saturated rings. The van der Waals surface area contributed by atoms with Crippen molar-refractivity contribution in [2.45, 2.75) is 0 Å². The van der Waals surface area contributed by atoms with Crippen LogP contribution < -0.4 is 11.1 Å². The lowest BCUT2D eigenvalue weighted by molar-refractivity contribution is 0.590. The van der Waals surface area contributed by atoms with Crippen molar-refractivity contribution in [3.8, 4) is 0 Å². The Labute approximate surface area is 126 Å². The maximum atomic E-state index is 13.9. The molecule has 0 amide bonds. The van der Waals surface area contributed by atoms with Crippen LogP contribution in [0.5, 0.6) is 0 Å². The standard InChI is InChI=1S/C13H8BrF3N2S/c14-8-5-7(15)1-2-11(8)19-12-9(16)3-6(13(18)20)4-10(12)17/h1-5,19H,(H2,18,20). The van der Waals surface area contributed by atoms with Gasteiger partial charge < -0.3 is 11.1 Å². The first-order chi connectivity index (χ1) is 9.38. The summed E-state index contributed by atoms with van der Waals surface area (Å²) in [5.41, 5.74) is 5.38. The second kappa shape index (κ2) is 5.80. The zero-order valence-corrected chi connectivity index (χ0v) is 12.3. The van der Waals surface area contributed by atoms with E-state index in [-0.39, 0.29) is 16.2 Å². The van der Waals surface area contributed by atoms with Gasteiger partial charge in [-0.1, -0.05) is 12.2 Å². The Balaban J connectivity index is 2.41. The number of rotatable bonds is 3. The molecule has 0 saturated carbocycles. The van der Waals surface area contributed by atoms with Crippen molar-refractivity contribution < 1.29 is 13.2 Å². The number of benzene rings is 2. The van der Waals surface area contributed by atoms with Gasteiger partial charge in [0.1, 0.15) is 28.1 Å². The zero-order chi connectivity index (χ0) is 14.9. The first-order valence-electron chi connectivity index (χ1n) is 5.39. The van der Waals surface area contributed by atoms with Crippen molar-refractivity contribution in [1.82, 2.24) is 0 Å². The molecule has 0 aliphatic rings. The van der Waals surface area contributed by atoms with Gasteiger partial charge in [0.15, 0.2) is 0 Å². The number of nitrogens with one attached hydrogen (secondary N) is 1. The molecular weight excluding hydrogens is 353 g/mol. The molecule has 0 unspecified atom stereocenters. The molecule has 0 aromatic heterocycles. The van der Waals surface area contributed by atoms with Crippen LogP contribution >= 0.6 is 28.1 Å². The van der Waals surface area contributed by atoms with E-state index in [9.17, 15) is 13.2 Å². The fourth-order valence-electron chi connectivity index (χ4n) is 1.56. The molecule has 0 aliphatic heterocycles. The van der Waals surface area contributed by atoms with Gasteiger partial charge in [0.2, 0.25) is 0 Å². The monoisotopic (exact) mass is 360 g/mol. The highest BCUT2D eigenvalue weighted by molar-refractivity contribution is 9.10. The largest absolute Gasteiger partial charge is 0.389 e. The third-order valence-electron chi connectivity index (χ3n) is 2.52. The van der Waals surface area contributed by atoms with Crippen molar-refractivity contribution in [1.29, 1.82) is 0 Å². The lowest BCUT2D eigenvalue weighted by Crippen LogP contribution is -2.11. The van der Waals surface area contributed by atoms with Crippen molar-refractivity contribution in [3.63, 3.8) is 0 Å². The molecule has 20 heavy (non-hydrogen) atoms. The van der Waals surface area contributed by atoms with E-state index in [0.717, 1.165) is 12.1 Å². The van der Waals surface area contributed by atoms with Gasteiger partial charge in [-0.15, -0.1) is 0 Å². The average molecular weight is 361 g/mol. The van der Waals surface area contributed by atoms with Gasteiger partial charge in [-0.2, -0.15) is 0 Å². The molecule has 104 valence electrons. The molecule has 2 nitrogen and oxygen atoms in total. The van der Waals surface area contributed by atoms with Crippen molar-refractivity contribution in [2.24, 2.45) is 5.73 Å². The van der Waals surface area contributed by atoms with Crippen LogP contribution in [0.2, 0.25) is 0 Å². The van der Waals surface area contributed by atoms with Crippen LogP contribution in [-0.4, -0.2) is 4.99 Å². The summed E-state index contributed by atoms with van der Waals surface area (Å²) in [6.45, 7) is 0. The van der Waals surface area contributed by atoms with Crippen LogP contribution in [0.15, 0.2) is 34.8 Å². The van der Waals surface area contributed by atoms with Crippen LogP contribution in [0.1, 0.15) is 5.56 Å². The summed E-state index contributed by atoms with van der Waals surface area (Å²) in [5.74, 6) is -2.15. The molecule has 0 aliphatic carbocycles. The SMILES string of the molecule is NC(=S)c1cc(F)c(Nc2ccc(F)cc2Br)c(F)c1. The highest BCUT2D eigenvalue weighted by Gasteiger charge is 2.14. The second-order valence-electron chi connectivity index (χ2n) is 3.93. The van der Waals surface area contributed by atoms with Gasteiger partial charge in [0.25, 0.3) is 0 Å². The van der Waals surface area contributed by atoms with E-state index < -0.39 is 17.5 Å². The van der Waals surface area contributed by atoms with E-state index in [1.807, 2.05) is 0 Å². The smallest absolute Gasteiger partial charge is 0.150 e. The van der Waals surface area contributed by atoms with E-state index in [4.69, 9.17) is 5.73 Å². The zero-order valence-electron chi connectivity index (χ0n) is 9.88. The first-order valence-corrected chi connectivity index (χ1v) is 6.59. The fourth-order valence-corrected chi connectivity index (χ4v) is 2.13. The molecule has 0 saturated heterocycles. The predicted molar refractivity (Wildman–Crippen MR) is 79.6 cm³/mol. The normalized spacial score (nSPS) is 10.4. The predicted octanol–water partition coefficient (Wildman–Crippen LogP) is 4.24. The Hall–Kier alpha value is -1.60. The number of nitrogens with two attached hydrogens (primary N) is 1. The van der Waals surface area contributed by atoms with Gasteiger partial charge in [-0.3, -0.25) is 0 Å². The van der Waals surface area contributed by atoms with E-state index >= 15 is 0 Å². The molecular formula is C13H8BrF3N2S. The summed E-state index contributed by atoms with van der Waals surface area (Å²) in [7, 11) is 0. The van der Waals surface area contributed by atoms with Gasteiger partial charge >= 0.3 is 0 Å². The topological polar surface area (TPSA) is 38.0 Å². The second-order valence-corrected chi connectivity index (χ2v) is 5.22. The molecule has 0 heterocycles. The molecule has 0 bridgehead atoms. The molecule has 2 aromatic carbocycles. The summed E-state index contributed by atoms with van der Waals surface area (Å²) in [5, 5.41) is 2.55. The molecule has 2 rings (SSSR count). The minimum Gasteiger partial charge on any atom is -0.389 e. The molecule has 3 N–H and O–H groups in total. The summed E-state index contributed by atoms with van der Waals surface area (Å²) in [6.07, 6.45) is 0. The lowest BCUT2D eigenvalue weighted by atomic mass is 10.1. The Kier molecular flexibility index (Phi) is 4.29. The molecule has 0 radical (unpaired) electrons. The Morgan fingerprint density at radius 3 is 2.20 bits per heavy atom. The molecule has 0 atom stereocenters. The van der Waals surface area contributed by atoms with Crippen molar-refractivity contribution in [2.75, 3.05) is 5.32 Å². The minimum absolute atomic E-state index is 0.0960. The lowest BCUT2D eigenvalue weighted by Gasteiger charge is -2.12. The summed E-state index contributed by atoms with van der Waals surface area (Å²) >= 11 is 7.77. The van der Waals surface area contributed by atoms with Crippen LogP contribution in [0.25, 0.3) is 0 Å². The van der Waals surface area contributed by atoms with Gasteiger partial charge in [-0.05, 0) is 46.3 Å². The maximum Gasteiger partial charge on any atom is 0.150 e. The number of anilines is 2. The van der Waals surface area contributed by atoms with Crippen LogP contribution in [0, 0.1) is 17.5 Å². The Bertz CT molecular complexity index is 668. The van der Waals surface area contributed by atoms with E-state index in [1.165, 1.54) is 18.2 Å². The van der Waals surface area contributed by atoms with E-state index in [0.29, 0.717) is 10.2 Å². The van der Waals surface area contributed by atoms with Gasteiger partial charge in [0, 0.05) is 10.0 Å². The molecule has 2 aromatic rings. The third-order valence-corrected chi connectivity index (χ3v) is 3.41. The fraction of sp³-hybridized carbons (Fsp3) is 0. The maximum absolute atomic E-state index is 13.9. The number of thiocarbonyl (C=S) groups is 1. The van der Waals surface area contributed by atoms with E-state index in [1.54, 1.807) is 0 Å². The number of halogens is 4. The number of hydrogen-bond acceptors (Lipinski definition) is 2.